The molecule has 0 unspecified atom stereocenters. The van der Waals surface area contributed by atoms with Gasteiger partial charge in [0.05, 0.1) is 10.6 Å². The number of aryl methyl sites for hydroxylation is 1. The van der Waals surface area contributed by atoms with E-state index in [-0.39, 0.29) is 23.4 Å². The standard InChI is InChI=1S/C31H35BrClN3O4S/c1-22-11-17-29(18-12-22)41(39,40)36(28-15-13-26(33)14-16-28)21-30(37)35(20-24-7-6-8-25(32)19-24)23(2)31(38)34-27-9-4-3-5-10-27/h6-8,11-19,23,27H,3-5,9-10,20-21H2,1-2H3,(H,34,38)/t23-/m0/s1. The molecule has 1 fully saturated rings. The Kier molecular flexibility index (Phi) is 10.5. The van der Waals surface area contributed by atoms with Crippen LogP contribution in [-0.2, 0) is 26.2 Å². The minimum absolute atomic E-state index is 0.0625. The molecule has 0 radical (unpaired) electrons. The van der Waals surface area contributed by atoms with E-state index in [0.717, 1.165) is 52.0 Å². The number of hydrogen-bond acceptors (Lipinski definition) is 4. The van der Waals surface area contributed by atoms with Crippen molar-refractivity contribution in [1.82, 2.24) is 10.2 Å². The Morgan fingerprint density at radius 1 is 1.00 bits per heavy atom. The number of nitrogens with zero attached hydrogens (tertiary/aromatic N) is 2. The highest BCUT2D eigenvalue weighted by Gasteiger charge is 2.33. The summed E-state index contributed by atoms with van der Waals surface area (Å²) in [6.07, 6.45) is 5.11. The first-order chi connectivity index (χ1) is 19.5. The molecule has 2 amide bonds. The quantitative estimate of drug-likeness (QED) is 0.270. The second-order valence-corrected chi connectivity index (χ2v) is 13.7. The van der Waals surface area contributed by atoms with Crippen LogP contribution in [0.5, 0.6) is 0 Å². The first-order valence-corrected chi connectivity index (χ1v) is 16.3. The van der Waals surface area contributed by atoms with Crippen molar-refractivity contribution in [3.63, 3.8) is 0 Å². The van der Waals surface area contributed by atoms with E-state index in [1.165, 1.54) is 17.0 Å². The number of amides is 2. The third-order valence-corrected chi connectivity index (χ3v) is 9.90. The lowest BCUT2D eigenvalue weighted by atomic mass is 9.95. The fraction of sp³-hybridized carbons (Fsp3) is 0.355. The lowest BCUT2D eigenvalue weighted by molar-refractivity contribution is -0.139. The lowest BCUT2D eigenvalue weighted by Gasteiger charge is -2.33. The van der Waals surface area contributed by atoms with Crippen molar-refractivity contribution in [2.75, 3.05) is 10.8 Å². The highest BCUT2D eigenvalue weighted by molar-refractivity contribution is 9.10. The number of anilines is 1. The Labute approximate surface area is 256 Å². The molecule has 0 aromatic heterocycles. The molecule has 0 saturated heterocycles. The van der Waals surface area contributed by atoms with Gasteiger partial charge in [0.2, 0.25) is 11.8 Å². The van der Waals surface area contributed by atoms with Crippen LogP contribution in [0, 0.1) is 6.92 Å². The molecular weight excluding hydrogens is 626 g/mol. The number of hydrogen-bond donors (Lipinski definition) is 1. The molecule has 0 aliphatic heterocycles. The predicted octanol–water partition coefficient (Wildman–Crippen LogP) is 6.47. The van der Waals surface area contributed by atoms with Crippen LogP contribution < -0.4 is 9.62 Å². The molecule has 218 valence electrons. The summed E-state index contributed by atoms with van der Waals surface area (Å²) in [7, 11) is -4.13. The number of rotatable bonds is 10. The largest absolute Gasteiger partial charge is 0.352 e. The highest BCUT2D eigenvalue weighted by Crippen LogP contribution is 2.27. The fourth-order valence-corrected chi connectivity index (χ4v) is 6.94. The summed E-state index contributed by atoms with van der Waals surface area (Å²) in [5.74, 6) is -0.749. The highest BCUT2D eigenvalue weighted by atomic mass is 79.9. The van der Waals surface area contributed by atoms with Crippen molar-refractivity contribution in [1.29, 1.82) is 0 Å². The first-order valence-electron chi connectivity index (χ1n) is 13.7. The van der Waals surface area contributed by atoms with Gasteiger partial charge in [0.1, 0.15) is 12.6 Å². The molecule has 1 aliphatic rings. The molecule has 10 heteroatoms. The molecular formula is C31H35BrClN3O4S. The van der Waals surface area contributed by atoms with Crippen molar-refractivity contribution >= 4 is 55.1 Å². The minimum atomic E-state index is -4.13. The predicted molar refractivity (Wildman–Crippen MR) is 166 cm³/mol. The number of halogens is 2. The molecule has 1 saturated carbocycles. The van der Waals surface area contributed by atoms with Crippen molar-refractivity contribution in [3.8, 4) is 0 Å². The monoisotopic (exact) mass is 659 g/mol. The molecule has 0 bridgehead atoms. The summed E-state index contributed by atoms with van der Waals surface area (Å²) in [6, 6.07) is 19.5. The average molecular weight is 661 g/mol. The fourth-order valence-electron chi connectivity index (χ4n) is 4.96. The average Bonchev–Trinajstić information content (AvgIpc) is 2.95. The van der Waals surface area contributed by atoms with E-state index < -0.39 is 28.5 Å². The third-order valence-electron chi connectivity index (χ3n) is 7.36. The molecule has 41 heavy (non-hydrogen) atoms. The molecule has 1 N–H and O–H groups in total. The maximum Gasteiger partial charge on any atom is 0.264 e. The molecule has 3 aromatic carbocycles. The van der Waals surface area contributed by atoms with E-state index in [2.05, 4.69) is 21.2 Å². The summed E-state index contributed by atoms with van der Waals surface area (Å²) < 4.78 is 29.7. The lowest BCUT2D eigenvalue weighted by Crippen LogP contribution is -2.53. The number of benzene rings is 3. The Balaban J connectivity index is 1.67. The van der Waals surface area contributed by atoms with Crippen LogP contribution in [0.15, 0.2) is 82.2 Å². The minimum Gasteiger partial charge on any atom is -0.352 e. The summed E-state index contributed by atoms with van der Waals surface area (Å²) in [4.78, 5) is 29.0. The van der Waals surface area contributed by atoms with Crippen LogP contribution in [0.3, 0.4) is 0 Å². The topological polar surface area (TPSA) is 86.8 Å². The maximum atomic E-state index is 14.1. The second-order valence-electron chi connectivity index (χ2n) is 10.5. The van der Waals surface area contributed by atoms with Gasteiger partial charge >= 0.3 is 0 Å². The van der Waals surface area contributed by atoms with Gasteiger partial charge in [0.15, 0.2) is 0 Å². The SMILES string of the molecule is Cc1ccc(S(=O)(=O)N(CC(=O)N(Cc2cccc(Br)c2)[C@@H](C)C(=O)NC2CCCCC2)c2ccc(Cl)cc2)cc1. The van der Waals surface area contributed by atoms with Crippen LogP contribution >= 0.6 is 27.5 Å². The molecule has 4 rings (SSSR count). The number of nitrogens with one attached hydrogen (secondary N) is 1. The van der Waals surface area contributed by atoms with Gasteiger partial charge in [-0.3, -0.25) is 13.9 Å². The zero-order chi connectivity index (χ0) is 29.6. The molecule has 7 nitrogen and oxygen atoms in total. The zero-order valence-electron chi connectivity index (χ0n) is 23.2. The van der Waals surface area contributed by atoms with Crippen molar-refractivity contribution < 1.29 is 18.0 Å². The molecule has 1 atom stereocenters. The Bertz CT molecular complexity index is 1460. The zero-order valence-corrected chi connectivity index (χ0v) is 26.4. The van der Waals surface area contributed by atoms with Gasteiger partial charge in [-0.15, -0.1) is 0 Å². The van der Waals surface area contributed by atoms with Gasteiger partial charge in [-0.05, 0) is 80.8 Å². The molecule has 0 spiro atoms. The van der Waals surface area contributed by atoms with E-state index in [0.29, 0.717) is 10.7 Å². The van der Waals surface area contributed by atoms with Gasteiger partial charge in [-0.1, -0.05) is 76.6 Å². The summed E-state index contributed by atoms with van der Waals surface area (Å²) in [6.45, 7) is 3.20. The Hall–Kier alpha value is -2.88. The molecule has 1 aliphatic carbocycles. The smallest absolute Gasteiger partial charge is 0.264 e. The first kappa shape index (κ1) is 31.1. The van der Waals surface area contributed by atoms with Crippen LogP contribution in [0.4, 0.5) is 5.69 Å². The Morgan fingerprint density at radius 3 is 2.29 bits per heavy atom. The van der Waals surface area contributed by atoms with Crippen molar-refractivity contribution in [3.05, 3.63) is 93.4 Å². The van der Waals surface area contributed by atoms with Crippen LogP contribution in [0.25, 0.3) is 0 Å². The maximum absolute atomic E-state index is 14.1. The van der Waals surface area contributed by atoms with Crippen LogP contribution in [-0.4, -0.2) is 43.8 Å². The van der Waals surface area contributed by atoms with Gasteiger partial charge in [0, 0.05) is 22.1 Å². The van der Waals surface area contributed by atoms with E-state index in [9.17, 15) is 18.0 Å². The second kappa shape index (κ2) is 13.9. The molecule has 0 heterocycles. The van der Waals surface area contributed by atoms with Gasteiger partial charge in [-0.2, -0.15) is 0 Å². The third kappa shape index (κ3) is 8.11. The van der Waals surface area contributed by atoms with Gasteiger partial charge < -0.3 is 10.2 Å². The van der Waals surface area contributed by atoms with E-state index in [4.69, 9.17) is 11.6 Å². The number of sulfonamides is 1. The summed E-state index contributed by atoms with van der Waals surface area (Å²) >= 11 is 9.56. The number of carbonyl (C=O) groups excluding carboxylic acids is 2. The van der Waals surface area contributed by atoms with Gasteiger partial charge in [-0.25, -0.2) is 8.42 Å². The normalized spacial score (nSPS) is 14.7. The summed E-state index contributed by atoms with van der Waals surface area (Å²) in [5, 5.41) is 3.56. The van der Waals surface area contributed by atoms with Crippen molar-refractivity contribution in [2.45, 2.75) is 69.5 Å². The summed E-state index contributed by atoms with van der Waals surface area (Å²) in [5.41, 5.74) is 2.02. The van der Waals surface area contributed by atoms with Crippen molar-refractivity contribution in [2.24, 2.45) is 0 Å². The van der Waals surface area contributed by atoms with Crippen LogP contribution in [0.2, 0.25) is 5.02 Å². The van der Waals surface area contributed by atoms with E-state index in [1.54, 1.807) is 43.3 Å². The van der Waals surface area contributed by atoms with E-state index >= 15 is 0 Å². The molecule has 3 aromatic rings. The van der Waals surface area contributed by atoms with Gasteiger partial charge in [0.25, 0.3) is 10.0 Å². The van der Waals surface area contributed by atoms with E-state index in [1.807, 2.05) is 31.2 Å². The van der Waals surface area contributed by atoms with Crippen LogP contribution in [0.1, 0.15) is 50.2 Å². The Morgan fingerprint density at radius 2 is 1.66 bits per heavy atom. The number of carbonyl (C=O) groups is 2.